The van der Waals surface area contributed by atoms with E-state index in [9.17, 15) is 9.59 Å². The molecule has 0 saturated carbocycles. The van der Waals surface area contributed by atoms with E-state index in [1.54, 1.807) is 0 Å². The first-order chi connectivity index (χ1) is 16.0. The number of nitrogens with zero attached hydrogens (tertiary/aromatic N) is 3. The van der Waals surface area contributed by atoms with Crippen molar-refractivity contribution in [2.45, 2.75) is 46.5 Å². The summed E-state index contributed by atoms with van der Waals surface area (Å²) in [5, 5.41) is 0. The first kappa shape index (κ1) is 23.1. The number of imide groups is 1. The SMILES string of the molecule is CCCCCCN1C(=O)C(c2ccc(C)c(C)c2)=C(N2CCN(c3ccccc3)CC2)C1=O. The van der Waals surface area contributed by atoms with Crippen LogP contribution in [0.1, 0.15) is 49.3 Å². The molecule has 0 unspecified atom stereocenters. The van der Waals surface area contributed by atoms with Crippen LogP contribution in [0.5, 0.6) is 0 Å². The van der Waals surface area contributed by atoms with Crippen molar-refractivity contribution in [3.8, 4) is 0 Å². The number of hydrogen-bond acceptors (Lipinski definition) is 4. The molecule has 2 aromatic carbocycles. The number of para-hydroxylation sites is 1. The molecule has 0 aromatic heterocycles. The van der Waals surface area contributed by atoms with E-state index in [0.717, 1.165) is 63.0 Å². The minimum absolute atomic E-state index is 0.127. The second kappa shape index (κ2) is 10.2. The number of unbranched alkanes of at least 4 members (excludes halogenated alkanes) is 3. The van der Waals surface area contributed by atoms with Gasteiger partial charge in [-0.3, -0.25) is 14.5 Å². The van der Waals surface area contributed by atoms with Crippen molar-refractivity contribution in [1.29, 1.82) is 0 Å². The number of piperazine rings is 1. The predicted molar refractivity (Wildman–Crippen MR) is 134 cm³/mol. The summed E-state index contributed by atoms with van der Waals surface area (Å²) in [7, 11) is 0. The maximum absolute atomic E-state index is 13.6. The monoisotopic (exact) mass is 445 g/mol. The summed E-state index contributed by atoms with van der Waals surface area (Å²) in [6, 6.07) is 16.5. The summed E-state index contributed by atoms with van der Waals surface area (Å²) >= 11 is 0. The standard InChI is InChI=1S/C28H35N3O2/c1-4-5-6-10-15-31-27(32)25(23-14-13-21(2)22(3)20-23)26(28(31)33)30-18-16-29(17-19-30)24-11-8-7-9-12-24/h7-9,11-14,20H,4-6,10,15-19H2,1-3H3. The van der Waals surface area contributed by atoms with Crippen LogP contribution in [0.15, 0.2) is 54.2 Å². The third-order valence-electron chi connectivity index (χ3n) is 6.89. The van der Waals surface area contributed by atoms with Crippen LogP contribution < -0.4 is 4.90 Å². The first-order valence-electron chi connectivity index (χ1n) is 12.2. The molecule has 0 bridgehead atoms. The predicted octanol–water partition coefficient (Wildman–Crippen LogP) is 4.79. The Hall–Kier alpha value is -3.08. The van der Waals surface area contributed by atoms with Crippen LogP contribution in [0.25, 0.3) is 5.57 Å². The van der Waals surface area contributed by atoms with Crippen LogP contribution in [0.4, 0.5) is 5.69 Å². The maximum atomic E-state index is 13.6. The summed E-state index contributed by atoms with van der Waals surface area (Å²) in [6.45, 7) is 9.89. The van der Waals surface area contributed by atoms with E-state index >= 15 is 0 Å². The molecule has 2 aromatic rings. The molecule has 5 heteroatoms. The summed E-state index contributed by atoms with van der Waals surface area (Å²) < 4.78 is 0. The summed E-state index contributed by atoms with van der Waals surface area (Å²) in [5.41, 5.74) is 5.54. The Morgan fingerprint density at radius 3 is 2.12 bits per heavy atom. The van der Waals surface area contributed by atoms with Gasteiger partial charge in [0.1, 0.15) is 5.70 Å². The molecule has 2 heterocycles. The Kier molecular flexibility index (Phi) is 7.17. The number of anilines is 1. The van der Waals surface area contributed by atoms with Crippen molar-refractivity contribution in [2.24, 2.45) is 0 Å². The molecule has 0 N–H and O–H groups in total. The zero-order chi connectivity index (χ0) is 23.4. The van der Waals surface area contributed by atoms with Gasteiger partial charge in [0.25, 0.3) is 11.8 Å². The van der Waals surface area contributed by atoms with Gasteiger partial charge >= 0.3 is 0 Å². The Morgan fingerprint density at radius 2 is 1.45 bits per heavy atom. The maximum Gasteiger partial charge on any atom is 0.277 e. The van der Waals surface area contributed by atoms with E-state index in [-0.39, 0.29) is 11.8 Å². The highest BCUT2D eigenvalue weighted by molar-refractivity contribution is 6.35. The highest BCUT2D eigenvalue weighted by Crippen LogP contribution is 2.33. The van der Waals surface area contributed by atoms with Gasteiger partial charge in [0.2, 0.25) is 0 Å². The van der Waals surface area contributed by atoms with Crippen LogP contribution in [0.2, 0.25) is 0 Å². The highest BCUT2D eigenvalue weighted by atomic mass is 16.2. The minimum atomic E-state index is -0.139. The summed E-state index contributed by atoms with van der Waals surface area (Å²) in [4.78, 5) is 33.0. The fourth-order valence-corrected chi connectivity index (χ4v) is 4.74. The van der Waals surface area contributed by atoms with Gasteiger partial charge in [-0.15, -0.1) is 0 Å². The lowest BCUT2D eigenvalue weighted by atomic mass is 9.99. The zero-order valence-electron chi connectivity index (χ0n) is 20.1. The zero-order valence-corrected chi connectivity index (χ0v) is 20.1. The van der Waals surface area contributed by atoms with Crippen LogP contribution in [-0.2, 0) is 9.59 Å². The molecule has 2 aliphatic heterocycles. The molecule has 2 aliphatic rings. The minimum Gasteiger partial charge on any atom is -0.368 e. The van der Waals surface area contributed by atoms with Gasteiger partial charge in [-0.2, -0.15) is 0 Å². The molecule has 4 rings (SSSR count). The number of carbonyl (C=O) groups excluding carboxylic acids is 2. The number of aryl methyl sites for hydroxylation is 2. The fraction of sp³-hybridized carbons (Fsp3) is 0.429. The van der Waals surface area contributed by atoms with E-state index in [1.165, 1.54) is 16.2 Å². The van der Waals surface area contributed by atoms with Gasteiger partial charge in [-0.25, -0.2) is 0 Å². The van der Waals surface area contributed by atoms with Crippen molar-refractivity contribution >= 4 is 23.1 Å². The molecule has 2 amide bonds. The third kappa shape index (κ3) is 4.82. The summed E-state index contributed by atoms with van der Waals surface area (Å²) in [5.74, 6) is -0.266. The number of benzene rings is 2. The molecule has 0 aliphatic carbocycles. The van der Waals surface area contributed by atoms with Crippen molar-refractivity contribution in [2.75, 3.05) is 37.6 Å². The molecule has 0 spiro atoms. The highest BCUT2D eigenvalue weighted by Gasteiger charge is 2.41. The third-order valence-corrected chi connectivity index (χ3v) is 6.89. The van der Waals surface area contributed by atoms with Gasteiger partial charge in [0.15, 0.2) is 0 Å². The lowest BCUT2D eigenvalue weighted by Gasteiger charge is -2.37. The van der Waals surface area contributed by atoms with Crippen LogP contribution in [0, 0.1) is 13.8 Å². The molecule has 33 heavy (non-hydrogen) atoms. The van der Waals surface area contributed by atoms with Crippen molar-refractivity contribution in [1.82, 2.24) is 9.80 Å². The molecule has 5 nitrogen and oxygen atoms in total. The number of hydrogen-bond donors (Lipinski definition) is 0. The number of carbonyl (C=O) groups is 2. The van der Waals surface area contributed by atoms with Gasteiger partial charge in [0.05, 0.1) is 5.57 Å². The van der Waals surface area contributed by atoms with Crippen LogP contribution in [-0.4, -0.2) is 54.3 Å². The van der Waals surface area contributed by atoms with E-state index in [0.29, 0.717) is 17.8 Å². The largest absolute Gasteiger partial charge is 0.368 e. The second-order valence-electron chi connectivity index (χ2n) is 9.15. The van der Waals surface area contributed by atoms with E-state index in [1.807, 2.05) is 18.2 Å². The number of amides is 2. The van der Waals surface area contributed by atoms with Crippen LogP contribution >= 0.6 is 0 Å². The van der Waals surface area contributed by atoms with Gasteiger partial charge in [-0.05, 0) is 49.1 Å². The van der Waals surface area contributed by atoms with E-state index < -0.39 is 0 Å². The average molecular weight is 446 g/mol. The quantitative estimate of drug-likeness (QED) is 0.433. The van der Waals surface area contributed by atoms with E-state index in [4.69, 9.17) is 0 Å². The van der Waals surface area contributed by atoms with Crippen molar-refractivity contribution in [3.05, 3.63) is 70.9 Å². The molecule has 174 valence electrons. The molecule has 1 fully saturated rings. The Morgan fingerprint density at radius 1 is 0.758 bits per heavy atom. The van der Waals surface area contributed by atoms with Crippen molar-refractivity contribution < 1.29 is 9.59 Å². The molecule has 0 radical (unpaired) electrons. The number of rotatable bonds is 8. The molecule has 0 atom stereocenters. The Bertz CT molecular complexity index is 1040. The van der Waals surface area contributed by atoms with Crippen LogP contribution in [0.3, 0.4) is 0 Å². The average Bonchev–Trinajstić information content (AvgIpc) is 3.09. The molecular weight excluding hydrogens is 410 g/mol. The molecular formula is C28H35N3O2. The first-order valence-corrected chi connectivity index (χ1v) is 12.2. The lowest BCUT2D eigenvalue weighted by Crippen LogP contribution is -2.47. The smallest absolute Gasteiger partial charge is 0.277 e. The van der Waals surface area contributed by atoms with Gasteiger partial charge in [-0.1, -0.05) is 62.6 Å². The molecule has 1 saturated heterocycles. The fourth-order valence-electron chi connectivity index (χ4n) is 4.74. The normalized spacial score (nSPS) is 16.9. The van der Waals surface area contributed by atoms with Gasteiger partial charge in [0, 0.05) is 38.4 Å². The van der Waals surface area contributed by atoms with Gasteiger partial charge < -0.3 is 9.80 Å². The second-order valence-corrected chi connectivity index (χ2v) is 9.15. The Labute approximate surface area is 197 Å². The topological polar surface area (TPSA) is 43.9 Å². The van der Waals surface area contributed by atoms with Crippen molar-refractivity contribution in [3.63, 3.8) is 0 Å². The summed E-state index contributed by atoms with van der Waals surface area (Å²) in [6.07, 6.45) is 4.16. The van der Waals surface area contributed by atoms with E-state index in [2.05, 4.69) is 60.9 Å². The Balaban J connectivity index is 1.60. The lowest BCUT2D eigenvalue weighted by molar-refractivity contribution is -0.137.